The third kappa shape index (κ3) is 6.29. The first-order chi connectivity index (χ1) is 10.7. The van der Waals surface area contributed by atoms with Crippen molar-refractivity contribution in [2.75, 3.05) is 5.75 Å². The summed E-state index contributed by atoms with van der Waals surface area (Å²) in [5.41, 5.74) is -0.0741. The van der Waals surface area contributed by atoms with Crippen LogP contribution in [0.15, 0.2) is 0 Å². The van der Waals surface area contributed by atoms with Crippen molar-refractivity contribution in [3.05, 3.63) is 23.4 Å². The summed E-state index contributed by atoms with van der Waals surface area (Å²) in [7, 11) is -4.98. The largest absolute Gasteiger partial charge is 0.448 e. The minimum absolute atomic E-state index is 0.0741. The Morgan fingerprint density at radius 1 is 1.00 bits per heavy atom. The van der Waals surface area contributed by atoms with Gasteiger partial charge in [0.15, 0.2) is 0 Å². The van der Waals surface area contributed by atoms with E-state index in [-0.39, 0.29) is 5.56 Å². The van der Waals surface area contributed by atoms with Crippen molar-refractivity contribution < 1.29 is 35.7 Å². The molecular weight excluding hydrogens is 924 g/mol. The van der Waals surface area contributed by atoms with Gasteiger partial charge in [-0.3, -0.25) is 4.55 Å². The predicted molar refractivity (Wildman–Crippen MR) is 122 cm³/mol. The number of carbonyl (C=O) groups excluding carboxylic acids is 1. The summed E-state index contributed by atoms with van der Waals surface area (Å²) in [6.45, 7) is 0. The fourth-order valence-corrected chi connectivity index (χ4v) is 7.20. The number of ether oxygens (including phenoxy) is 1. The molecule has 0 amide bonds. The van der Waals surface area contributed by atoms with Gasteiger partial charge >= 0.3 is 12.1 Å². The molecule has 1 aromatic rings. The molecule has 136 valence electrons. The number of rotatable bonds is 4. The van der Waals surface area contributed by atoms with Crippen LogP contribution in [0.25, 0.3) is 0 Å². The van der Waals surface area contributed by atoms with Gasteiger partial charge in [-0.15, -0.1) is 0 Å². The Labute approximate surface area is 203 Å². The van der Waals surface area contributed by atoms with Gasteiger partial charge in [0, 0.05) is 17.9 Å². The normalized spacial score (nSPS) is 13.7. The molecule has 0 aliphatic heterocycles. The number of hydrogen-bond acceptors (Lipinski definition) is 4. The third-order valence-electron chi connectivity index (χ3n) is 2.39. The van der Waals surface area contributed by atoms with E-state index in [1.807, 2.05) is 113 Å². The predicted octanol–water partition coefficient (Wildman–Crippen LogP) is 4.69. The number of hydrogen-bond donors (Lipinski definition) is 1. The zero-order chi connectivity index (χ0) is 19.0. The van der Waals surface area contributed by atoms with E-state index < -0.39 is 34.1 Å². The van der Waals surface area contributed by atoms with Gasteiger partial charge in [0.2, 0.25) is 6.10 Å². The maximum Gasteiger partial charge on any atom is 0.426 e. The fourth-order valence-electron chi connectivity index (χ4n) is 1.36. The third-order valence-corrected chi connectivity index (χ3v) is 12.6. The average Bonchev–Trinajstić information content (AvgIpc) is 2.40. The Morgan fingerprint density at radius 3 is 1.71 bits per heavy atom. The molecule has 1 aromatic carbocycles. The van der Waals surface area contributed by atoms with Crippen molar-refractivity contribution >= 4 is 129 Å². The van der Waals surface area contributed by atoms with E-state index in [2.05, 4.69) is 4.74 Å². The van der Waals surface area contributed by atoms with Gasteiger partial charge in [-0.1, -0.05) is 0 Å². The summed E-state index contributed by atoms with van der Waals surface area (Å²) in [5, 5.41) is 0. The highest BCUT2D eigenvalue weighted by Crippen LogP contribution is 2.35. The lowest BCUT2D eigenvalue weighted by Gasteiger charge is -2.21. The molecule has 0 spiro atoms. The molecule has 0 aliphatic carbocycles. The Kier molecular flexibility index (Phi) is 9.06. The molecule has 0 heterocycles. The topological polar surface area (TPSA) is 80.7 Å². The highest BCUT2D eigenvalue weighted by Gasteiger charge is 2.46. The summed E-state index contributed by atoms with van der Waals surface area (Å²) < 4.78 is 76.2. The lowest BCUT2D eigenvalue weighted by Crippen LogP contribution is -2.39. The van der Waals surface area contributed by atoms with Crippen LogP contribution in [-0.2, 0) is 14.9 Å². The minimum atomic E-state index is -5.13. The number of carbonyl (C=O) groups is 1. The van der Waals surface area contributed by atoms with Gasteiger partial charge in [-0.05, 0) is 113 Å². The molecule has 5 nitrogen and oxygen atoms in total. The van der Waals surface area contributed by atoms with E-state index in [1.54, 1.807) is 0 Å². The summed E-state index contributed by atoms with van der Waals surface area (Å²) in [4.78, 5) is 12.2. The number of benzene rings is 1. The molecule has 1 unspecified atom stereocenters. The second kappa shape index (κ2) is 9.03. The Hall–Kier alpha value is 2.04. The standard InChI is InChI=1S/C10H4F3I5O5S/c11-10(12,13)2(1-24(20,21)22)23-9(19)3-4(14)6(16)8(18)7(17)5(3)15/h2H,1H2,(H,20,21,22). The number of halogens is 8. The quantitative estimate of drug-likeness (QED) is 0.156. The summed E-state index contributed by atoms with van der Waals surface area (Å²) in [6, 6.07) is 0. The second-order valence-corrected chi connectivity index (χ2v) is 11.0. The Morgan fingerprint density at radius 2 is 1.38 bits per heavy atom. The zero-order valence-corrected chi connectivity index (χ0v) is 22.4. The molecule has 0 saturated carbocycles. The van der Waals surface area contributed by atoms with Crippen molar-refractivity contribution in [2.24, 2.45) is 0 Å². The first-order valence-corrected chi connectivity index (χ1v) is 12.4. The fraction of sp³-hybridized carbons (Fsp3) is 0.300. The minimum Gasteiger partial charge on any atom is -0.448 e. The van der Waals surface area contributed by atoms with Crippen LogP contribution < -0.4 is 0 Å². The van der Waals surface area contributed by atoms with Crippen molar-refractivity contribution in [3.63, 3.8) is 0 Å². The Balaban J connectivity index is 3.32. The summed E-state index contributed by atoms with van der Waals surface area (Å²) in [6.07, 6.45) is -8.09. The molecule has 0 fully saturated rings. The van der Waals surface area contributed by atoms with Crippen LogP contribution in [-0.4, -0.2) is 37.0 Å². The van der Waals surface area contributed by atoms with E-state index in [9.17, 15) is 26.4 Å². The maximum absolute atomic E-state index is 12.9. The number of alkyl halides is 3. The van der Waals surface area contributed by atoms with Crippen molar-refractivity contribution in [1.29, 1.82) is 0 Å². The first-order valence-electron chi connectivity index (χ1n) is 5.41. The van der Waals surface area contributed by atoms with Crippen LogP contribution in [0.4, 0.5) is 13.2 Å². The highest BCUT2D eigenvalue weighted by molar-refractivity contribution is 14.1. The van der Waals surface area contributed by atoms with Gasteiger partial charge in [0.25, 0.3) is 10.1 Å². The lowest BCUT2D eigenvalue weighted by atomic mass is 10.2. The molecule has 14 heteroatoms. The van der Waals surface area contributed by atoms with Crippen LogP contribution in [0.3, 0.4) is 0 Å². The molecule has 0 bridgehead atoms. The van der Waals surface area contributed by atoms with Crippen LogP contribution >= 0.6 is 113 Å². The average molecular weight is 928 g/mol. The van der Waals surface area contributed by atoms with E-state index in [1.165, 1.54) is 0 Å². The molecular formula is C10H4F3I5O5S. The maximum atomic E-state index is 12.9. The second-order valence-electron chi connectivity index (χ2n) is 4.13. The first kappa shape index (κ1) is 24.1. The van der Waals surface area contributed by atoms with Gasteiger partial charge in [0.05, 0.1) is 5.56 Å². The zero-order valence-electron chi connectivity index (χ0n) is 10.8. The smallest absolute Gasteiger partial charge is 0.426 e. The number of esters is 1. The van der Waals surface area contributed by atoms with Crippen LogP contribution in [0.5, 0.6) is 0 Å². The Bertz CT molecular complexity index is 751. The van der Waals surface area contributed by atoms with Crippen LogP contribution in [0.1, 0.15) is 10.4 Å². The summed E-state index contributed by atoms with van der Waals surface area (Å²) in [5.74, 6) is -3.06. The molecule has 1 rings (SSSR count). The van der Waals surface area contributed by atoms with E-state index in [4.69, 9.17) is 4.55 Å². The molecule has 0 saturated heterocycles. The SMILES string of the molecule is O=C(OC(CS(=O)(=O)O)C(F)(F)F)c1c(I)c(I)c(I)c(I)c1I. The molecule has 0 aromatic heterocycles. The molecule has 24 heavy (non-hydrogen) atoms. The molecule has 0 aliphatic rings. The molecule has 1 N–H and O–H groups in total. The molecule has 1 atom stereocenters. The van der Waals surface area contributed by atoms with Crippen molar-refractivity contribution in [1.82, 2.24) is 0 Å². The van der Waals surface area contributed by atoms with Gasteiger partial charge in [-0.25, -0.2) is 4.79 Å². The summed E-state index contributed by atoms with van der Waals surface area (Å²) >= 11 is 9.58. The molecule has 0 radical (unpaired) electrons. The van der Waals surface area contributed by atoms with Gasteiger partial charge in [0.1, 0.15) is 5.75 Å². The van der Waals surface area contributed by atoms with E-state index in [0.717, 1.165) is 3.57 Å². The van der Waals surface area contributed by atoms with Crippen LogP contribution in [0.2, 0.25) is 0 Å². The lowest BCUT2D eigenvalue weighted by molar-refractivity contribution is -0.197. The van der Waals surface area contributed by atoms with Gasteiger partial charge in [-0.2, -0.15) is 21.6 Å². The van der Waals surface area contributed by atoms with Gasteiger partial charge < -0.3 is 4.74 Å². The van der Waals surface area contributed by atoms with Crippen molar-refractivity contribution in [3.8, 4) is 0 Å². The van der Waals surface area contributed by atoms with Crippen molar-refractivity contribution in [2.45, 2.75) is 12.3 Å². The van der Waals surface area contributed by atoms with E-state index >= 15 is 0 Å². The van der Waals surface area contributed by atoms with E-state index in [0.29, 0.717) is 14.3 Å². The van der Waals surface area contributed by atoms with Crippen LogP contribution in [0, 0.1) is 17.9 Å². The monoisotopic (exact) mass is 927 g/mol. The highest BCUT2D eigenvalue weighted by atomic mass is 127.